The van der Waals surface area contributed by atoms with E-state index in [2.05, 4.69) is 4.98 Å². The van der Waals surface area contributed by atoms with Crippen molar-refractivity contribution in [3.63, 3.8) is 0 Å². The number of hydrogen-bond acceptors (Lipinski definition) is 7. The minimum atomic E-state index is -3.73. The maximum atomic E-state index is 13.3. The van der Waals surface area contributed by atoms with Crippen molar-refractivity contribution in [2.24, 2.45) is 5.92 Å². The molecule has 0 bridgehead atoms. The van der Waals surface area contributed by atoms with Crippen LogP contribution in [0.4, 0.5) is 0 Å². The summed E-state index contributed by atoms with van der Waals surface area (Å²) >= 11 is 1.30. The van der Waals surface area contributed by atoms with Gasteiger partial charge < -0.3 is 9.42 Å². The summed E-state index contributed by atoms with van der Waals surface area (Å²) in [6, 6.07) is 6.61. The third-order valence-electron chi connectivity index (χ3n) is 5.76. The molecule has 0 aliphatic heterocycles. The van der Waals surface area contributed by atoms with E-state index in [-0.39, 0.29) is 35.8 Å². The van der Waals surface area contributed by atoms with Gasteiger partial charge in [-0.2, -0.15) is 0 Å². The van der Waals surface area contributed by atoms with Crippen molar-refractivity contribution in [1.29, 1.82) is 0 Å². The van der Waals surface area contributed by atoms with Crippen molar-refractivity contribution in [3.05, 3.63) is 45.9 Å². The number of hydrogen-bond donors (Lipinski definition) is 1. The highest BCUT2D eigenvalue weighted by atomic mass is 32.2. The second kappa shape index (κ2) is 10.7. The Balaban J connectivity index is 1.76. The van der Waals surface area contributed by atoms with Crippen LogP contribution in [0.25, 0.3) is 0 Å². The molecule has 176 valence electrons. The lowest BCUT2D eigenvalue weighted by Crippen LogP contribution is -2.18. The molecule has 1 heterocycles. The van der Waals surface area contributed by atoms with Gasteiger partial charge in [-0.25, -0.2) is 13.4 Å². The standard InChI is InChI=1S/C22H30NO6PS2/c1-3-29-30(25,26)14-18-15-31-22(23-18)13-21(24)20(12-16-6-4-5-7-16)17-8-10-19(11-9-17)32(2,27)28/h8-11,15-16,20H,3-7,12-14H2,1-2H3,(H,25,26)/t20-/m1/s1. The highest BCUT2D eigenvalue weighted by molar-refractivity contribution is 7.90. The first kappa shape index (κ1) is 25.2. The Morgan fingerprint density at radius 1 is 1.28 bits per heavy atom. The van der Waals surface area contributed by atoms with Crippen LogP contribution >= 0.6 is 18.9 Å². The van der Waals surface area contributed by atoms with Gasteiger partial charge in [-0.3, -0.25) is 9.36 Å². The van der Waals surface area contributed by atoms with Gasteiger partial charge in [-0.1, -0.05) is 37.8 Å². The Morgan fingerprint density at radius 3 is 2.53 bits per heavy atom. The number of Topliss-reactive ketones (excluding diaryl/α,β-unsaturated/α-hetero) is 1. The quantitative estimate of drug-likeness (QED) is 0.444. The second-order valence-electron chi connectivity index (χ2n) is 8.37. The zero-order valence-corrected chi connectivity index (χ0v) is 20.9. The number of carbonyl (C=O) groups excluding carboxylic acids is 1. The van der Waals surface area contributed by atoms with Crippen molar-refractivity contribution >= 4 is 34.6 Å². The normalized spacial score (nSPS) is 17.8. The average molecular weight is 500 g/mol. The zero-order chi connectivity index (χ0) is 23.4. The number of carbonyl (C=O) groups is 1. The van der Waals surface area contributed by atoms with Crippen LogP contribution in [0.15, 0.2) is 34.5 Å². The fourth-order valence-corrected chi connectivity index (χ4v) is 6.83. The summed E-state index contributed by atoms with van der Waals surface area (Å²) in [6.45, 7) is 1.80. The van der Waals surface area contributed by atoms with Crippen LogP contribution in [0.2, 0.25) is 0 Å². The summed E-state index contributed by atoms with van der Waals surface area (Å²) in [7, 11) is -7.03. The van der Waals surface area contributed by atoms with E-state index in [1.807, 2.05) is 0 Å². The highest BCUT2D eigenvalue weighted by Crippen LogP contribution is 2.45. The molecule has 0 amide bonds. The van der Waals surface area contributed by atoms with E-state index in [1.165, 1.54) is 30.4 Å². The molecule has 1 fully saturated rings. The summed E-state index contributed by atoms with van der Waals surface area (Å²) in [5.74, 6) is 0.185. The molecule has 7 nitrogen and oxygen atoms in total. The number of nitrogens with zero attached hydrogens (tertiary/aromatic N) is 1. The SMILES string of the molecule is CCOP(=O)(O)Cc1csc(CC(=O)[C@H](CC2CCCC2)c2ccc(S(C)(=O)=O)cc2)n1. The molecular weight excluding hydrogens is 469 g/mol. The summed E-state index contributed by atoms with van der Waals surface area (Å²) in [4.78, 5) is 27.7. The van der Waals surface area contributed by atoms with Crippen LogP contribution < -0.4 is 0 Å². The molecule has 2 aromatic rings. The molecule has 2 atom stereocenters. The molecule has 0 spiro atoms. The fraction of sp³-hybridized carbons (Fsp3) is 0.545. The number of benzene rings is 1. The maximum absolute atomic E-state index is 13.3. The van der Waals surface area contributed by atoms with Crippen LogP contribution in [0.1, 0.15) is 61.2 Å². The molecule has 0 radical (unpaired) electrons. The molecule has 1 aromatic carbocycles. The molecule has 1 saturated carbocycles. The topological polar surface area (TPSA) is 111 Å². The maximum Gasteiger partial charge on any atom is 0.334 e. The lowest BCUT2D eigenvalue weighted by molar-refractivity contribution is -0.120. The van der Waals surface area contributed by atoms with Crippen LogP contribution in [0.5, 0.6) is 0 Å². The first-order valence-corrected chi connectivity index (χ1v) is 15.3. The minimum absolute atomic E-state index is 0.0295. The van der Waals surface area contributed by atoms with E-state index in [0.717, 1.165) is 24.8 Å². The third kappa shape index (κ3) is 7.06. The second-order valence-corrected chi connectivity index (χ2v) is 13.2. The Bertz CT molecular complexity index is 1070. The lowest BCUT2D eigenvalue weighted by atomic mass is 9.84. The van der Waals surface area contributed by atoms with E-state index < -0.39 is 17.4 Å². The zero-order valence-electron chi connectivity index (χ0n) is 18.4. The fourth-order valence-electron chi connectivity index (χ4n) is 4.21. The van der Waals surface area contributed by atoms with Crippen molar-refractivity contribution < 1.29 is 27.2 Å². The van der Waals surface area contributed by atoms with Crippen LogP contribution in [-0.2, 0) is 36.3 Å². The molecule has 0 saturated heterocycles. The average Bonchev–Trinajstić information content (AvgIpc) is 3.37. The molecule has 1 N–H and O–H groups in total. The molecular formula is C22H30NO6PS2. The first-order valence-electron chi connectivity index (χ1n) is 10.8. The van der Waals surface area contributed by atoms with Gasteiger partial charge in [0.05, 0.1) is 29.8 Å². The Hall–Kier alpha value is -1.38. The van der Waals surface area contributed by atoms with Gasteiger partial charge in [-0.15, -0.1) is 11.3 Å². The van der Waals surface area contributed by atoms with E-state index in [4.69, 9.17) is 4.52 Å². The third-order valence-corrected chi connectivity index (χ3v) is 9.17. The predicted molar refractivity (Wildman–Crippen MR) is 125 cm³/mol. The van der Waals surface area contributed by atoms with Crippen LogP contribution in [0, 0.1) is 5.92 Å². The van der Waals surface area contributed by atoms with Crippen LogP contribution in [0.3, 0.4) is 0 Å². The summed E-state index contributed by atoms with van der Waals surface area (Å²) < 4.78 is 40.5. The Labute approximate surface area is 193 Å². The molecule has 1 unspecified atom stereocenters. The lowest BCUT2D eigenvalue weighted by Gasteiger charge is -2.20. The van der Waals surface area contributed by atoms with Gasteiger partial charge in [0.2, 0.25) is 0 Å². The van der Waals surface area contributed by atoms with Crippen molar-refractivity contribution in [2.45, 2.75) is 62.4 Å². The number of thiazole rings is 1. The van der Waals surface area contributed by atoms with Gasteiger partial charge in [0.1, 0.15) is 10.8 Å². The Kier molecular flexibility index (Phi) is 8.44. The molecule has 10 heteroatoms. The van der Waals surface area contributed by atoms with Crippen molar-refractivity contribution in [2.75, 3.05) is 12.9 Å². The van der Waals surface area contributed by atoms with Crippen molar-refractivity contribution in [3.8, 4) is 0 Å². The molecule has 32 heavy (non-hydrogen) atoms. The van der Waals surface area contributed by atoms with E-state index in [9.17, 15) is 22.7 Å². The largest absolute Gasteiger partial charge is 0.334 e. The monoisotopic (exact) mass is 499 g/mol. The number of rotatable bonds is 11. The van der Waals surface area contributed by atoms with Crippen LogP contribution in [-0.4, -0.2) is 36.9 Å². The molecule has 1 aliphatic carbocycles. The van der Waals surface area contributed by atoms with E-state index in [1.54, 1.807) is 36.6 Å². The number of ketones is 1. The van der Waals surface area contributed by atoms with Gasteiger partial charge >= 0.3 is 7.60 Å². The highest BCUT2D eigenvalue weighted by Gasteiger charge is 2.28. The predicted octanol–water partition coefficient (Wildman–Crippen LogP) is 4.74. The molecule has 3 rings (SSSR count). The Morgan fingerprint density at radius 2 is 1.94 bits per heavy atom. The van der Waals surface area contributed by atoms with Gasteiger partial charge in [0.15, 0.2) is 9.84 Å². The molecule has 1 aliphatic rings. The number of aromatic nitrogens is 1. The van der Waals surface area contributed by atoms with Gasteiger partial charge in [0.25, 0.3) is 0 Å². The van der Waals surface area contributed by atoms with E-state index >= 15 is 0 Å². The molecule has 1 aromatic heterocycles. The summed E-state index contributed by atoms with van der Waals surface area (Å²) in [6.07, 6.45) is 6.44. The van der Waals surface area contributed by atoms with E-state index in [0.29, 0.717) is 16.6 Å². The van der Waals surface area contributed by atoms with Gasteiger partial charge in [0, 0.05) is 17.6 Å². The summed E-state index contributed by atoms with van der Waals surface area (Å²) in [5.41, 5.74) is 1.27. The smallest absolute Gasteiger partial charge is 0.324 e. The minimum Gasteiger partial charge on any atom is -0.324 e. The van der Waals surface area contributed by atoms with Gasteiger partial charge in [-0.05, 0) is 37.0 Å². The number of sulfone groups is 1. The summed E-state index contributed by atoms with van der Waals surface area (Å²) in [5, 5.41) is 2.29. The van der Waals surface area contributed by atoms with Crippen molar-refractivity contribution in [1.82, 2.24) is 4.98 Å². The first-order chi connectivity index (χ1) is 15.1.